The topological polar surface area (TPSA) is 63.6 Å². The monoisotopic (exact) mass is 200 g/mol. The molecule has 4 nitrogen and oxygen atoms in total. The highest BCUT2D eigenvalue weighted by atomic mass is 16.5. The van der Waals surface area contributed by atoms with Gasteiger partial charge in [-0.05, 0) is 27.2 Å². The molecule has 0 bridgehead atoms. The summed E-state index contributed by atoms with van der Waals surface area (Å²) in [6, 6.07) is 0. The van der Waals surface area contributed by atoms with Crippen molar-refractivity contribution in [2.75, 3.05) is 6.61 Å². The van der Waals surface area contributed by atoms with Crippen molar-refractivity contribution in [3.63, 3.8) is 0 Å². The molecule has 0 unspecified atom stereocenters. The molecule has 0 aromatic carbocycles. The number of carbonyl (C=O) groups is 2. The normalized spacial score (nSPS) is 11.9. The molecule has 0 rings (SSSR count). The predicted molar refractivity (Wildman–Crippen MR) is 51.9 cm³/mol. The van der Waals surface area contributed by atoms with Crippen LogP contribution in [0.25, 0.3) is 0 Å². The number of aliphatic hydroxyl groups excluding tert-OH is 1. The van der Waals surface area contributed by atoms with Crippen LogP contribution in [0.2, 0.25) is 0 Å². The fourth-order valence-electron chi connectivity index (χ4n) is 1.07. The Bertz CT molecular complexity index is 249. The second kappa shape index (κ2) is 6.18. The maximum Gasteiger partial charge on any atom is 0.306 e. The van der Waals surface area contributed by atoms with Gasteiger partial charge in [-0.1, -0.05) is 0 Å². The van der Waals surface area contributed by atoms with Crippen LogP contribution < -0.4 is 0 Å². The maximum atomic E-state index is 11.0. The summed E-state index contributed by atoms with van der Waals surface area (Å²) in [5.41, 5.74) is 0.290. The Morgan fingerprint density at radius 2 is 1.79 bits per heavy atom. The summed E-state index contributed by atoms with van der Waals surface area (Å²) < 4.78 is 4.70. The third-order valence-electron chi connectivity index (χ3n) is 1.75. The number of allylic oxidation sites excluding steroid dienone is 2. The van der Waals surface area contributed by atoms with E-state index in [0.717, 1.165) is 0 Å². The van der Waals surface area contributed by atoms with E-state index in [9.17, 15) is 9.59 Å². The number of rotatable bonds is 5. The van der Waals surface area contributed by atoms with Crippen LogP contribution in [0.1, 0.15) is 33.6 Å². The molecule has 4 heteroatoms. The Balaban J connectivity index is 4.16. The van der Waals surface area contributed by atoms with Crippen LogP contribution in [-0.2, 0) is 14.3 Å². The number of carbonyl (C=O) groups excluding carboxylic acids is 2. The third kappa shape index (κ3) is 4.64. The molecule has 0 saturated carbocycles. The Hall–Kier alpha value is -1.32. The summed E-state index contributed by atoms with van der Waals surface area (Å²) >= 11 is 0. The molecule has 0 aromatic heterocycles. The second-order valence-electron chi connectivity index (χ2n) is 2.93. The van der Waals surface area contributed by atoms with E-state index in [-0.39, 0.29) is 35.9 Å². The summed E-state index contributed by atoms with van der Waals surface area (Å²) in [4.78, 5) is 21.9. The van der Waals surface area contributed by atoms with Crippen molar-refractivity contribution >= 4 is 11.8 Å². The van der Waals surface area contributed by atoms with Gasteiger partial charge in [0.2, 0.25) is 0 Å². The van der Waals surface area contributed by atoms with Gasteiger partial charge in [0.1, 0.15) is 0 Å². The molecule has 0 fully saturated rings. The molecule has 14 heavy (non-hydrogen) atoms. The Kier molecular flexibility index (Phi) is 5.60. The average molecular weight is 200 g/mol. The zero-order chi connectivity index (χ0) is 11.1. The highest BCUT2D eigenvalue weighted by molar-refractivity contribution is 5.94. The molecule has 0 amide bonds. The van der Waals surface area contributed by atoms with E-state index in [1.165, 1.54) is 13.8 Å². The van der Waals surface area contributed by atoms with E-state index in [1.807, 2.05) is 0 Å². The highest BCUT2D eigenvalue weighted by Gasteiger charge is 2.11. The lowest BCUT2D eigenvalue weighted by molar-refractivity contribution is -0.143. The SMILES string of the molecule is CCOC(=O)CC/C(C(C)=O)=C(\C)O. The Morgan fingerprint density at radius 1 is 1.21 bits per heavy atom. The van der Waals surface area contributed by atoms with Gasteiger partial charge in [-0.15, -0.1) is 0 Å². The molecule has 0 atom stereocenters. The smallest absolute Gasteiger partial charge is 0.306 e. The third-order valence-corrected chi connectivity index (χ3v) is 1.75. The molecule has 0 aromatic rings. The van der Waals surface area contributed by atoms with E-state index in [0.29, 0.717) is 6.61 Å². The van der Waals surface area contributed by atoms with Gasteiger partial charge in [-0.3, -0.25) is 9.59 Å². The molecular formula is C10H16O4. The first-order chi connectivity index (χ1) is 6.49. The standard InChI is InChI=1S/C10H16O4/c1-4-14-10(13)6-5-9(7(2)11)8(3)12/h11H,4-6H2,1-3H3/b9-7-. The fourth-order valence-corrected chi connectivity index (χ4v) is 1.07. The van der Waals surface area contributed by atoms with Gasteiger partial charge >= 0.3 is 5.97 Å². The van der Waals surface area contributed by atoms with Crippen molar-refractivity contribution < 1.29 is 19.4 Å². The van der Waals surface area contributed by atoms with Crippen LogP contribution in [0.5, 0.6) is 0 Å². The van der Waals surface area contributed by atoms with Crippen molar-refractivity contribution in [1.82, 2.24) is 0 Å². The molecule has 1 N–H and O–H groups in total. The molecule has 0 aliphatic carbocycles. The number of hydrogen-bond donors (Lipinski definition) is 1. The zero-order valence-electron chi connectivity index (χ0n) is 8.79. The number of esters is 1. The Labute approximate surface area is 83.6 Å². The minimum Gasteiger partial charge on any atom is -0.512 e. The zero-order valence-corrected chi connectivity index (χ0v) is 8.79. The number of Topliss-reactive ketones (excluding diaryl/α,β-unsaturated/α-hetero) is 1. The lowest BCUT2D eigenvalue weighted by atomic mass is 10.1. The molecule has 0 aliphatic heterocycles. The average Bonchev–Trinajstić information content (AvgIpc) is 2.03. The summed E-state index contributed by atoms with van der Waals surface area (Å²) in [5.74, 6) is -0.594. The lowest BCUT2D eigenvalue weighted by Gasteiger charge is -2.04. The summed E-state index contributed by atoms with van der Waals surface area (Å²) in [7, 11) is 0. The van der Waals surface area contributed by atoms with Crippen LogP contribution in [0.15, 0.2) is 11.3 Å². The van der Waals surface area contributed by atoms with Crippen molar-refractivity contribution in [2.24, 2.45) is 0 Å². The van der Waals surface area contributed by atoms with E-state index in [4.69, 9.17) is 9.84 Å². The molecular weight excluding hydrogens is 184 g/mol. The van der Waals surface area contributed by atoms with Gasteiger partial charge < -0.3 is 9.84 Å². The number of aliphatic hydroxyl groups is 1. The first kappa shape index (κ1) is 12.7. The quantitative estimate of drug-likeness (QED) is 0.417. The predicted octanol–water partition coefficient (Wildman–Crippen LogP) is 1.75. The van der Waals surface area contributed by atoms with Gasteiger partial charge in [-0.25, -0.2) is 0 Å². The van der Waals surface area contributed by atoms with Crippen LogP contribution in [0, 0.1) is 0 Å². The van der Waals surface area contributed by atoms with Crippen molar-refractivity contribution in [1.29, 1.82) is 0 Å². The number of ether oxygens (including phenoxy) is 1. The van der Waals surface area contributed by atoms with Gasteiger partial charge in [-0.2, -0.15) is 0 Å². The van der Waals surface area contributed by atoms with Crippen LogP contribution in [0.4, 0.5) is 0 Å². The number of hydrogen-bond acceptors (Lipinski definition) is 4. The van der Waals surface area contributed by atoms with Crippen molar-refractivity contribution in [2.45, 2.75) is 33.6 Å². The van der Waals surface area contributed by atoms with Crippen molar-refractivity contribution in [3.05, 3.63) is 11.3 Å². The summed E-state index contributed by atoms with van der Waals surface area (Å²) in [5, 5.41) is 9.13. The largest absolute Gasteiger partial charge is 0.512 e. The highest BCUT2D eigenvalue weighted by Crippen LogP contribution is 2.11. The molecule has 0 aliphatic rings. The van der Waals surface area contributed by atoms with Gasteiger partial charge in [0, 0.05) is 12.0 Å². The summed E-state index contributed by atoms with van der Waals surface area (Å²) in [6.45, 7) is 4.84. The first-order valence-corrected chi connectivity index (χ1v) is 4.54. The van der Waals surface area contributed by atoms with E-state index in [1.54, 1.807) is 6.92 Å². The van der Waals surface area contributed by atoms with Crippen LogP contribution in [0.3, 0.4) is 0 Å². The second-order valence-corrected chi connectivity index (χ2v) is 2.93. The van der Waals surface area contributed by atoms with E-state index in [2.05, 4.69) is 0 Å². The summed E-state index contributed by atoms with van der Waals surface area (Å²) in [6.07, 6.45) is 0.358. The van der Waals surface area contributed by atoms with E-state index < -0.39 is 0 Å². The minimum absolute atomic E-state index is 0.0261. The molecule has 0 spiro atoms. The van der Waals surface area contributed by atoms with Crippen molar-refractivity contribution in [3.8, 4) is 0 Å². The van der Waals surface area contributed by atoms with Gasteiger partial charge in [0.05, 0.1) is 12.4 Å². The lowest BCUT2D eigenvalue weighted by Crippen LogP contribution is -2.07. The van der Waals surface area contributed by atoms with Crippen LogP contribution >= 0.6 is 0 Å². The van der Waals surface area contributed by atoms with E-state index >= 15 is 0 Å². The number of ketones is 1. The van der Waals surface area contributed by atoms with Gasteiger partial charge in [0.15, 0.2) is 5.78 Å². The van der Waals surface area contributed by atoms with Gasteiger partial charge in [0.25, 0.3) is 0 Å². The first-order valence-electron chi connectivity index (χ1n) is 4.54. The molecule has 0 radical (unpaired) electrons. The Morgan fingerprint density at radius 3 is 2.14 bits per heavy atom. The fraction of sp³-hybridized carbons (Fsp3) is 0.600. The van der Waals surface area contributed by atoms with Crippen LogP contribution in [-0.4, -0.2) is 23.5 Å². The maximum absolute atomic E-state index is 11.0. The molecule has 0 saturated heterocycles. The molecule has 80 valence electrons. The molecule has 0 heterocycles. The minimum atomic E-state index is -0.354.